The summed E-state index contributed by atoms with van der Waals surface area (Å²) in [5.41, 5.74) is -0.937. The molecule has 1 heterocycles. The minimum atomic E-state index is -0.859. The highest BCUT2D eigenvalue weighted by Gasteiger charge is 2.38. The molecule has 1 unspecified atom stereocenters. The molecule has 6 nitrogen and oxygen atoms in total. The smallest absolute Gasteiger partial charge is 0.315 e. The van der Waals surface area contributed by atoms with Crippen molar-refractivity contribution in [1.82, 2.24) is 10.6 Å². The molecule has 2 amide bonds. The van der Waals surface area contributed by atoms with E-state index in [-0.39, 0.29) is 18.0 Å². The molecule has 0 bridgehead atoms. The Hall–Kier alpha value is -1.30. The number of carboxylic acids is 1. The Bertz CT molecular complexity index is 371. The zero-order chi connectivity index (χ0) is 14.6. The third-order valence-corrected chi connectivity index (χ3v) is 4.31. The maximum Gasteiger partial charge on any atom is 0.315 e. The summed E-state index contributed by atoms with van der Waals surface area (Å²) in [6.07, 6.45) is 5.29. The molecule has 2 aliphatic rings. The van der Waals surface area contributed by atoms with Crippen LogP contribution in [-0.4, -0.2) is 41.4 Å². The Labute approximate surface area is 119 Å². The van der Waals surface area contributed by atoms with Gasteiger partial charge in [0.2, 0.25) is 0 Å². The molecule has 2 fully saturated rings. The van der Waals surface area contributed by atoms with Crippen LogP contribution in [0.25, 0.3) is 0 Å². The predicted octanol–water partition coefficient (Wildman–Crippen LogP) is 1.64. The highest BCUT2D eigenvalue weighted by Crippen LogP contribution is 2.31. The zero-order valence-corrected chi connectivity index (χ0v) is 12.0. The van der Waals surface area contributed by atoms with E-state index in [0.29, 0.717) is 13.2 Å². The standard InChI is InChI=1S/C14H24N2O4/c1-13(7-8-20-10-13)15-12(19)16-14(9-11(17)18)5-3-2-4-6-14/h2-10H2,1H3,(H,17,18)(H2,15,16,19). The van der Waals surface area contributed by atoms with Gasteiger partial charge in [-0.3, -0.25) is 4.79 Å². The number of urea groups is 1. The molecule has 1 atom stereocenters. The molecule has 3 N–H and O–H groups in total. The number of ether oxygens (including phenoxy) is 1. The van der Waals surface area contributed by atoms with E-state index < -0.39 is 11.5 Å². The number of rotatable bonds is 4. The molecule has 6 heteroatoms. The lowest BCUT2D eigenvalue weighted by Gasteiger charge is -2.38. The first-order chi connectivity index (χ1) is 9.43. The summed E-state index contributed by atoms with van der Waals surface area (Å²) in [5, 5.41) is 14.9. The molecule has 0 radical (unpaired) electrons. The van der Waals surface area contributed by atoms with E-state index in [9.17, 15) is 9.59 Å². The summed E-state index contributed by atoms with van der Waals surface area (Å²) in [6, 6.07) is -0.277. The fourth-order valence-corrected chi connectivity index (χ4v) is 3.18. The van der Waals surface area contributed by atoms with Crippen LogP contribution in [-0.2, 0) is 9.53 Å². The van der Waals surface area contributed by atoms with E-state index in [0.717, 1.165) is 38.5 Å². The van der Waals surface area contributed by atoms with Gasteiger partial charge in [0.05, 0.1) is 24.1 Å². The van der Waals surface area contributed by atoms with Gasteiger partial charge in [-0.2, -0.15) is 0 Å². The first-order valence-electron chi connectivity index (χ1n) is 7.33. The lowest BCUT2D eigenvalue weighted by molar-refractivity contribution is -0.139. The van der Waals surface area contributed by atoms with Crippen LogP contribution in [0, 0.1) is 0 Å². The molecule has 114 valence electrons. The molecule has 1 aliphatic heterocycles. The summed E-state index contributed by atoms with van der Waals surface area (Å²) in [4.78, 5) is 23.3. The first kappa shape index (κ1) is 15.1. The molecule has 1 saturated heterocycles. The average Bonchev–Trinajstić information content (AvgIpc) is 2.75. The Morgan fingerprint density at radius 2 is 1.85 bits per heavy atom. The molecule has 0 aromatic carbocycles. The third-order valence-electron chi connectivity index (χ3n) is 4.31. The largest absolute Gasteiger partial charge is 0.481 e. The van der Waals surface area contributed by atoms with Gasteiger partial charge in [0.1, 0.15) is 0 Å². The van der Waals surface area contributed by atoms with Crippen molar-refractivity contribution in [3.63, 3.8) is 0 Å². The van der Waals surface area contributed by atoms with Crippen molar-refractivity contribution in [1.29, 1.82) is 0 Å². The van der Waals surface area contributed by atoms with E-state index in [2.05, 4.69) is 10.6 Å². The van der Waals surface area contributed by atoms with Crippen LogP contribution in [0.1, 0.15) is 51.9 Å². The second kappa shape index (κ2) is 5.99. The van der Waals surface area contributed by atoms with Gasteiger partial charge >= 0.3 is 12.0 Å². The number of aliphatic carboxylic acids is 1. The maximum atomic E-state index is 12.2. The van der Waals surface area contributed by atoms with E-state index >= 15 is 0 Å². The van der Waals surface area contributed by atoms with Crippen LogP contribution in [0.2, 0.25) is 0 Å². The quantitative estimate of drug-likeness (QED) is 0.732. The number of carbonyl (C=O) groups excluding carboxylic acids is 1. The van der Waals surface area contributed by atoms with E-state index in [1.165, 1.54) is 0 Å². The highest BCUT2D eigenvalue weighted by atomic mass is 16.5. The predicted molar refractivity (Wildman–Crippen MR) is 73.6 cm³/mol. The number of nitrogens with one attached hydrogen (secondary N) is 2. The van der Waals surface area contributed by atoms with E-state index in [1.54, 1.807) is 0 Å². The van der Waals surface area contributed by atoms with Crippen LogP contribution >= 0.6 is 0 Å². The fraction of sp³-hybridized carbons (Fsp3) is 0.857. The second-order valence-corrected chi connectivity index (χ2v) is 6.35. The van der Waals surface area contributed by atoms with Crippen molar-refractivity contribution in [3.8, 4) is 0 Å². The van der Waals surface area contributed by atoms with Gasteiger partial charge in [-0.25, -0.2) is 4.79 Å². The molecular weight excluding hydrogens is 260 g/mol. The summed E-state index contributed by atoms with van der Waals surface area (Å²) < 4.78 is 5.30. The van der Waals surface area contributed by atoms with Crippen LogP contribution in [0.5, 0.6) is 0 Å². The van der Waals surface area contributed by atoms with Gasteiger partial charge in [-0.15, -0.1) is 0 Å². The van der Waals surface area contributed by atoms with Gasteiger partial charge in [0, 0.05) is 6.61 Å². The summed E-state index contributed by atoms with van der Waals surface area (Å²) in [7, 11) is 0. The molecule has 1 saturated carbocycles. The van der Waals surface area contributed by atoms with Gasteiger partial charge in [0.15, 0.2) is 0 Å². The van der Waals surface area contributed by atoms with Crippen LogP contribution < -0.4 is 10.6 Å². The monoisotopic (exact) mass is 284 g/mol. The SMILES string of the molecule is CC1(NC(=O)NC2(CC(=O)O)CCCCC2)CCOC1. The summed E-state index contributed by atoms with van der Waals surface area (Å²) in [5.74, 6) is -0.859. The van der Waals surface area contributed by atoms with E-state index in [1.807, 2.05) is 6.92 Å². The first-order valence-corrected chi connectivity index (χ1v) is 7.33. The topological polar surface area (TPSA) is 87.7 Å². The summed E-state index contributed by atoms with van der Waals surface area (Å²) in [6.45, 7) is 3.10. The zero-order valence-electron chi connectivity index (χ0n) is 12.0. The van der Waals surface area contributed by atoms with Crippen molar-refractivity contribution >= 4 is 12.0 Å². The maximum absolute atomic E-state index is 12.2. The Balaban J connectivity index is 1.96. The Kier molecular flexibility index (Phi) is 4.52. The van der Waals surface area contributed by atoms with Crippen molar-refractivity contribution in [2.45, 2.75) is 62.9 Å². The molecule has 0 spiro atoms. The second-order valence-electron chi connectivity index (χ2n) is 6.35. The Morgan fingerprint density at radius 1 is 1.15 bits per heavy atom. The van der Waals surface area contributed by atoms with Crippen LogP contribution in [0.3, 0.4) is 0 Å². The third kappa shape index (κ3) is 3.85. The van der Waals surface area contributed by atoms with Crippen molar-refractivity contribution < 1.29 is 19.4 Å². The summed E-state index contributed by atoms with van der Waals surface area (Å²) >= 11 is 0. The lowest BCUT2D eigenvalue weighted by atomic mass is 9.79. The number of amides is 2. The average molecular weight is 284 g/mol. The van der Waals surface area contributed by atoms with E-state index in [4.69, 9.17) is 9.84 Å². The van der Waals surface area contributed by atoms with Crippen molar-refractivity contribution in [2.24, 2.45) is 0 Å². The highest BCUT2D eigenvalue weighted by molar-refractivity contribution is 5.77. The lowest BCUT2D eigenvalue weighted by Crippen LogP contribution is -2.58. The minimum absolute atomic E-state index is 0.00632. The van der Waals surface area contributed by atoms with Crippen LogP contribution in [0.4, 0.5) is 4.79 Å². The normalized spacial score (nSPS) is 28.9. The molecule has 2 rings (SSSR count). The number of carbonyl (C=O) groups is 2. The molecule has 0 aromatic heterocycles. The van der Waals surface area contributed by atoms with Gasteiger partial charge in [-0.05, 0) is 26.2 Å². The molecule has 0 aromatic rings. The molecule has 20 heavy (non-hydrogen) atoms. The fourth-order valence-electron chi connectivity index (χ4n) is 3.18. The molecule has 1 aliphatic carbocycles. The van der Waals surface area contributed by atoms with Gasteiger partial charge < -0.3 is 20.5 Å². The van der Waals surface area contributed by atoms with Crippen LogP contribution in [0.15, 0.2) is 0 Å². The number of hydrogen-bond acceptors (Lipinski definition) is 3. The van der Waals surface area contributed by atoms with Crippen molar-refractivity contribution in [3.05, 3.63) is 0 Å². The minimum Gasteiger partial charge on any atom is -0.481 e. The van der Waals surface area contributed by atoms with Gasteiger partial charge in [0.25, 0.3) is 0 Å². The number of carboxylic acid groups (broad SMARTS) is 1. The van der Waals surface area contributed by atoms with Gasteiger partial charge in [-0.1, -0.05) is 19.3 Å². The Morgan fingerprint density at radius 3 is 2.40 bits per heavy atom. The van der Waals surface area contributed by atoms with Crippen molar-refractivity contribution in [2.75, 3.05) is 13.2 Å². The number of hydrogen-bond donors (Lipinski definition) is 3. The molecular formula is C14H24N2O4.